The summed E-state index contributed by atoms with van der Waals surface area (Å²) in [6.45, 7) is 6.30. The lowest BCUT2D eigenvalue weighted by molar-refractivity contribution is -0.309. The molecular formula is C25H34N2O11. The number of methoxy groups -OCH3 is 1. The third-order valence-electron chi connectivity index (χ3n) is 5.99. The Balaban J connectivity index is 1.85. The molecule has 0 aliphatic carbocycles. The second-order valence-corrected chi connectivity index (χ2v) is 8.90. The topological polar surface area (TPSA) is 150 Å². The molecule has 2 aliphatic rings. The standard InChI is InChI=1S/C25H34N2O11/c1-14(28)34-20-21(35-15(2)29)23(36-16(3)30)25(37-17(4)31)38-22(20)24(32)27-11-9-26(10-12-27)18-7-6-8-19(13-18)33-5/h6-8,13-14,20-23,25,28H,9-12H2,1-5H3/t14?,20-,21-,22-,23+,25+/m0/s1. The van der Waals surface area contributed by atoms with Gasteiger partial charge in [-0.3, -0.25) is 19.2 Å². The van der Waals surface area contributed by atoms with Crippen molar-refractivity contribution < 1.29 is 52.7 Å². The smallest absolute Gasteiger partial charge is 0.305 e. The van der Waals surface area contributed by atoms with Gasteiger partial charge in [-0.15, -0.1) is 0 Å². The fourth-order valence-electron chi connectivity index (χ4n) is 4.46. The maximum absolute atomic E-state index is 13.7. The first kappa shape index (κ1) is 29.1. The lowest BCUT2D eigenvalue weighted by atomic mass is 9.96. The van der Waals surface area contributed by atoms with Gasteiger partial charge in [-0.05, 0) is 19.1 Å². The summed E-state index contributed by atoms with van der Waals surface area (Å²) in [5.74, 6) is -2.14. The molecular weight excluding hydrogens is 504 g/mol. The zero-order chi connectivity index (χ0) is 28.0. The molecule has 210 valence electrons. The number of esters is 3. The van der Waals surface area contributed by atoms with Gasteiger partial charge in [-0.1, -0.05) is 6.07 Å². The number of ether oxygens (including phenoxy) is 6. The van der Waals surface area contributed by atoms with E-state index in [9.17, 15) is 24.3 Å². The minimum Gasteiger partial charge on any atom is -0.497 e. The van der Waals surface area contributed by atoms with Crippen molar-refractivity contribution in [3.8, 4) is 5.75 Å². The van der Waals surface area contributed by atoms with Crippen molar-refractivity contribution in [1.29, 1.82) is 0 Å². The zero-order valence-electron chi connectivity index (χ0n) is 22.0. The van der Waals surface area contributed by atoms with Crippen LogP contribution < -0.4 is 9.64 Å². The average Bonchev–Trinajstić information content (AvgIpc) is 2.86. The molecule has 2 fully saturated rings. The first-order valence-electron chi connectivity index (χ1n) is 12.2. The summed E-state index contributed by atoms with van der Waals surface area (Å²) in [5, 5.41) is 10.00. The molecule has 0 bridgehead atoms. The van der Waals surface area contributed by atoms with Crippen LogP contribution in [0, 0.1) is 0 Å². The Hall–Kier alpha value is -3.42. The van der Waals surface area contributed by atoms with E-state index in [1.54, 1.807) is 12.0 Å². The monoisotopic (exact) mass is 538 g/mol. The first-order chi connectivity index (χ1) is 18.0. The van der Waals surface area contributed by atoms with Gasteiger partial charge < -0.3 is 43.3 Å². The van der Waals surface area contributed by atoms with Gasteiger partial charge in [0, 0.05) is 58.7 Å². The van der Waals surface area contributed by atoms with Crippen LogP contribution in [0.1, 0.15) is 27.7 Å². The second kappa shape index (κ2) is 12.9. The molecule has 0 spiro atoms. The van der Waals surface area contributed by atoms with Gasteiger partial charge in [-0.25, -0.2) is 0 Å². The molecule has 0 saturated carbocycles. The minimum atomic E-state index is -1.57. The summed E-state index contributed by atoms with van der Waals surface area (Å²) >= 11 is 0. The van der Waals surface area contributed by atoms with Crippen LogP contribution in [-0.2, 0) is 42.9 Å². The molecule has 2 saturated heterocycles. The Bertz CT molecular complexity index is 1010. The van der Waals surface area contributed by atoms with E-state index < -0.39 is 60.8 Å². The molecule has 2 heterocycles. The van der Waals surface area contributed by atoms with E-state index >= 15 is 0 Å². The number of carbonyl (C=O) groups is 4. The van der Waals surface area contributed by atoms with Gasteiger partial charge in [0.25, 0.3) is 5.91 Å². The van der Waals surface area contributed by atoms with Crippen molar-refractivity contribution in [2.24, 2.45) is 0 Å². The molecule has 1 N–H and O–H groups in total. The second-order valence-electron chi connectivity index (χ2n) is 8.90. The number of hydrogen-bond acceptors (Lipinski definition) is 12. The Morgan fingerprint density at radius 2 is 1.53 bits per heavy atom. The predicted octanol–water partition coefficient (Wildman–Crippen LogP) is 0.219. The quantitative estimate of drug-likeness (QED) is 0.274. The van der Waals surface area contributed by atoms with Crippen LogP contribution in [0.3, 0.4) is 0 Å². The highest BCUT2D eigenvalue weighted by atomic mass is 16.7. The van der Waals surface area contributed by atoms with Crippen molar-refractivity contribution in [2.45, 2.75) is 64.7 Å². The third-order valence-corrected chi connectivity index (χ3v) is 5.99. The van der Waals surface area contributed by atoms with Crippen LogP contribution in [0.25, 0.3) is 0 Å². The number of nitrogens with zero attached hydrogens (tertiary/aromatic N) is 2. The molecule has 0 radical (unpaired) electrons. The normalized spacial score (nSPS) is 26.2. The van der Waals surface area contributed by atoms with Crippen LogP contribution in [-0.4, -0.2) is 104 Å². The SMILES string of the molecule is COc1cccc(N2CCN(C(=O)[C@H]3O[C@@H](OC(C)=O)[C@H](OC(C)=O)[C@@H](OC(C)=O)[C@@H]3OC(C)O)CC2)c1. The van der Waals surface area contributed by atoms with Gasteiger partial charge in [0.05, 0.1) is 7.11 Å². The number of hydrogen-bond donors (Lipinski definition) is 1. The van der Waals surface area contributed by atoms with E-state index in [0.717, 1.165) is 26.5 Å². The molecule has 1 unspecified atom stereocenters. The predicted molar refractivity (Wildman–Crippen MR) is 130 cm³/mol. The van der Waals surface area contributed by atoms with E-state index in [1.807, 2.05) is 24.3 Å². The van der Waals surface area contributed by atoms with Gasteiger partial charge in [-0.2, -0.15) is 0 Å². The number of piperazine rings is 1. The average molecular weight is 539 g/mol. The fourth-order valence-corrected chi connectivity index (χ4v) is 4.46. The first-order valence-corrected chi connectivity index (χ1v) is 12.2. The number of anilines is 1. The number of amides is 1. The lowest BCUT2D eigenvalue weighted by Gasteiger charge is -2.45. The Morgan fingerprint density at radius 3 is 2.08 bits per heavy atom. The third kappa shape index (κ3) is 7.33. The molecule has 38 heavy (non-hydrogen) atoms. The van der Waals surface area contributed by atoms with Gasteiger partial charge in [0.15, 0.2) is 18.5 Å². The molecule has 13 heteroatoms. The summed E-state index contributed by atoms with van der Waals surface area (Å²) in [5.41, 5.74) is 0.940. The Kier molecular flexibility index (Phi) is 9.89. The number of rotatable bonds is 8. The van der Waals surface area contributed by atoms with E-state index in [0.29, 0.717) is 31.9 Å². The number of benzene rings is 1. The lowest BCUT2D eigenvalue weighted by Crippen LogP contribution is -2.66. The van der Waals surface area contributed by atoms with Crippen LogP contribution >= 0.6 is 0 Å². The van der Waals surface area contributed by atoms with Crippen LogP contribution in [0.2, 0.25) is 0 Å². The van der Waals surface area contributed by atoms with Crippen LogP contribution in [0.15, 0.2) is 24.3 Å². The molecule has 1 aromatic carbocycles. The van der Waals surface area contributed by atoms with Crippen molar-refractivity contribution in [3.05, 3.63) is 24.3 Å². The summed E-state index contributed by atoms with van der Waals surface area (Å²) in [6, 6.07) is 7.56. The molecule has 2 aliphatic heterocycles. The van der Waals surface area contributed by atoms with Crippen molar-refractivity contribution in [2.75, 3.05) is 38.2 Å². The maximum Gasteiger partial charge on any atom is 0.305 e. The highest BCUT2D eigenvalue weighted by Gasteiger charge is 2.55. The van der Waals surface area contributed by atoms with Gasteiger partial charge in [0.2, 0.25) is 12.4 Å². The summed E-state index contributed by atoms with van der Waals surface area (Å²) in [4.78, 5) is 52.9. The molecule has 1 amide bonds. The fraction of sp³-hybridized carbons (Fsp3) is 0.600. The van der Waals surface area contributed by atoms with E-state index in [-0.39, 0.29) is 0 Å². The van der Waals surface area contributed by atoms with E-state index in [2.05, 4.69) is 4.90 Å². The number of aliphatic hydroxyl groups is 1. The van der Waals surface area contributed by atoms with Crippen molar-refractivity contribution >= 4 is 29.5 Å². The van der Waals surface area contributed by atoms with Crippen LogP contribution in [0.5, 0.6) is 5.75 Å². The summed E-state index contributed by atoms with van der Waals surface area (Å²) in [7, 11) is 1.59. The highest BCUT2D eigenvalue weighted by Crippen LogP contribution is 2.31. The number of aliphatic hydroxyl groups excluding tert-OH is 1. The zero-order valence-corrected chi connectivity index (χ0v) is 22.0. The Labute approximate surface area is 220 Å². The molecule has 13 nitrogen and oxygen atoms in total. The van der Waals surface area contributed by atoms with Gasteiger partial charge >= 0.3 is 17.9 Å². The van der Waals surface area contributed by atoms with Crippen LogP contribution in [0.4, 0.5) is 5.69 Å². The minimum absolute atomic E-state index is 0.321. The molecule has 3 rings (SSSR count). The maximum atomic E-state index is 13.7. The molecule has 0 aromatic heterocycles. The molecule has 6 atom stereocenters. The summed E-state index contributed by atoms with van der Waals surface area (Å²) in [6.07, 6.45) is -8.66. The van der Waals surface area contributed by atoms with E-state index in [4.69, 9.17) is 28.4 Å². The number of carbonyl (C=O) groups excluding carboxylic acids is 4. The Morgan fingerprint density at radius 1 is 0.921 bits per heavy atom. The highest BCUT2D eigenvalue weighted by molar-refractivity contribution is 5.82. The molecule has 1 aromatic rings. The largest absolute Gasteiger partial charge is 0.497 e. The van der Waals surface area contributed by atoms with Crippen molar-refractivity contribution in [1.82, 2.24) is 4.90 Å². The van der Waals surface area contributed by atoms with E-state index in [1.165, 1.54) is 6.92 Å². The summed E-state index contributed by atoms with van der Waals surface area (Å²) < 4.78 is 32.5. The van der Waals surface area contributed by atoms with Crippen molar-refractivity contribution in [3.63, 3.8) is 0 Å². The van der Waals surface area contributed by atoms with Gasteiger partial charge in [0.1, 0.15) is 11.9 Å².